The first kappa shape index (κ1) is 15.6. The number of hydrogen-bond acceptors (Lipinski definition) is 3. The number of rotatable bonds is 6. The third kappa shape index (κ3) is 3.88. The fourth-order valence-corrected chi connectivity index (χ4v) is 2.64. The average Bonchev–Trinajstić information content (AvgIpc) is 2.84. The Hall–Kier alpha value is -1.74. The van der Waals surface area contributed by atoms with E-state index in [-0.39, 0.29) is 6.04 Å². The summed E-state index contributed by atoms with van der Waals surface area (Å²) >= 11 is 0. The Morgan fingerprint density at radius 3 is 2.57 bits per heavy atom. The van der Waals surface area contributed by atoms with Crippen molar-refractivity contribution < 1.29 is 4.42 Å². The minimum atomic E-state index is 0.251. The van der Waals surface area contributed by atoms with E-state index in [0.29, 0.717) is 0 Å². The Kier molecular flexibility index (Phi) is 5.07. The van der Waals surface area contributed by atoms with Crippen LogP contribution in [0.2, 0.25) is 0 Å². The van der Waals surface area contributed by atoms with E-state index in [0.717, 1.165) is 25.1 Å². The second-order valence-electron chi connectivity index (χ2n) is 5.85. The summed E-state index contributed by atoms with van der Waals surface area (Å²) in [6, 6.07) is 8.93. The molecule has 1 aromatic heterocycles. The smallest absolute Gasteiger partial charge is 0.105 e. The van der Waals surface area contributed by atoms with E-state index in [1.54, 1.807) is 6.26 Å². The highest BCUT2D eigenvalue weighted by Crippen LogP contribution is 2.23. The molecule has 0 aliphatic heterocycles. The molecule has 1 aromatic carbocycles. The van der Waals surface area contributed by atoms with E-state index < -0.39 is 0 Å². The van der Waals surface area contributed by atoms with Crippen LogP contribution in [0.3, 0.4) is 0 Å². The minimum Gasteiger partial charge on any atom is -0.469 e. The highest BCUT2D eigenvalue weighted by molar-refractivity contribution is 5.54. The molecule has 2 rings (SSSR count). The molecule has 1 unspecified atom stereocenters. The van der Waals surface area contributed by atoms with Crippen molar-refractivity contribution in [1.29, 1.82) is 0 Å². The summed E-state index contributed by atoms with van der Waals surface area (Å²) in [5, 5.41) is 0. The van der Waals surface area contributed by atoms with E-state index in [9.17, 15) is 0 Å². The summed E-state index contributed by atoms with van der Waals surface area (Å²) in [6.07, 6.45) is 3.71. The molecule has 1 heterocycles. The van der Waals surface area contributed by atoms with Crippen molar-refractivity contribution in [3.8, 4) is 0 Å². The van der Waals surface area contributed by atoms with Crippen LogP contribution in [0.4, 0.5) is 5.69 Å². The molecule has 2 aromatic rings. The van der Waals surface area contributed by atoms with Gasteiger partial charge in [0.05, 0.1) is 6.26 Å². The first-order valence-corrected chi connectivity index (χ1v) is 7.60. The summed E-state index contributed by atoms with van der Waals surface area (Å²) < 4.78 is 5.37. The van der Waals surface area contributed by atoms with E-state index in [1.165, 1.54) is 22.4 Å². The van der Waals surface area contributed by atoms with E-state index in [1.807, 2.05) is 13.0 Å². The van der Waals surface area contributed by atoms with Gasteiger partial charge in [-0.2, -0.15) is 0 Å². The Labute approximate surface area is 127 Å². The molecule has 0 aliphatic carbocycles. The molecule has 21 heavy (non-hydrogen) atoms. The van der Waals surface area contributed by atoms with Crippen molar-refractivity contribution >= 4 is 5.69 Å². The molecule has 0 aliphatic rings. The van der Waals surface area contributed by atoms with E-state index in [2.05, 4.69) is 44.0 Å². The molecule has 3 nitrogen and oxygen atoms in total. The van der Waals surface area contributed by atoms with Crippen LogP contribution in [0.5, 0.6) is 0 Å². The van der Waals surface area contributed by atoms with Crippen LogP contribution in [-0.2, 0) is 13.0 Å². The predicted molar refractivity (Wildman–Crippen MR) is 88.7 cm³/mol. The zero-order valence-electron chi connectivity index (χ0n) is 13.5. The lowest BCUT2D eigenvalue weighted by Gasteiger charge is -2.22. The number of nitrogens with two attached hydrogens (primary N) is 1. The van der Waals surface area contributed by atoms with Gasteiger partial charge in [0.25, 0.3) is 0 Å². The normalized spacial score (nSPS) is 12.4. The summed E-state index contributed by atoms with van der Waals surface area (Å²) in [5.74, 6) is 0.991. The Balaban J connectivity index is 2.11. The van der Waals surface area contributed by atoms with Gasteiger partial charge in [-0.15, -0.1) is 0 Å². The molecule has 0 amide bonds. The highest BCUT2D eigenvalue weighted by Gasteiger charge is 2.10. The third-order valence-corrected chi connectivity index (χ3v) is 4.07. The summed E-state index contributed by atoms with van der Waals surface area (Å²) in [6.45, 7) is 7.16. The highest BCUT2D eigenvalue weighted by atomic mass is 16.3. The second kappa shape index (κ2) is 6.81. The van der Waals surface area contributed by atoms with Crippen LogP contribution in [0.15, 0.2) is 34.9 Å². The van der Waals surface area contributed by atoms with Gasteiger partial charge in [-0.1, -0.05) is 19.1 Å². The molecule has 2 N–H and O–H groups in total. The van der Waals surface area contributed by atoms with Gasteiger partial charge in [0.1, 0.15) is 5.76 Å². The van der Waals surface area contributed by atoms with Crippen LogP contribution in [0, 0.1) is 13.8 Å². The molecular weight excluding hydrogens is 260 g/mol. The van der Waals surface area contributed by atoms with Gasteiger partial charge in [-0.3, -0.25) is 0 Å². The maximum absolute atomic E-state index is 6.04. The van der Waals surface area contributed by atoms with Crippen molar-refractivity contribution in [3.63, 3.8) is 0 Å². The maximum Gasteiger partial charge on any atom is 0.105 e. The fraction of sp³-hybridized carbons (Fsp3) is 0.444. The van der Waals surface area contributed by atoms with Crippen LogP contribution >= 0.6 is 0 Å². The Bertz CT molecular complexity index is 589. The quantitative estimate of drug-likeness (QED) is 0.878. The molecule has 0 saturated carbocycles. The number of hydrogen-bond donors (Lipinski definition) is 1. The first-order valence-electron chi connectivity index (χ1n) is 7.60. The lowest BCUT2D eigenvalue weighted by molar-refractivity contribution is 0.529. The lowest BCUT2D eigenvalue weighted by atomic mass is 10.0. The maximum atomic E-state index is 6.04. The number of anilines is 1. The molecule has 0 radical (unpaired) electrons. The lowest BCUT2D eigenvalue weighted by Crippen LogP contribution is -2.22. The minimum absolute atomic E-state index is 0.251. The molecular formula is C18H26N2O. The van der Waals surface area contributed by atoms with Gasteiger partial charge in [0, 0.05) is 30.9 Å². The fourth-order valence-electron chi connectivity index (χ4n) is 2.64. The van der Waals surface area contributed by atoms with Gasteiger partial charge >= 0.3 is 0 Å². The number of nitrogens with zero attached hydrogens (tertiary/aromatic N) is 1. The third-order valence-electron chi connectivity index (χ3n) is 4.07. The zero-order chi connectivity index (χ0) is 15.4. The second-order valence-corrected chi connectivity index (χ2v) is 5.85. The van der Waals surface area contributed by atoms with Crippen LogP contribution < -0.4 is 10.6 Å². The van der Waals surface area contributed by atoms with E-state index in [4.69, 9.17) is 10.2 Å². The SMILES string of the molecule is CCC(N)Cc1ccc(N(C)Cc2ccoc2C)c(C)c1. The first-order chi connectivity index (χ1) is 10.0. The topological polar surface area (TPSA) is 42.4 Å². The summed E-state index contributed by atoms with van der Waals surface area (Å²) in [5.41, 5.74) is 11.1. The summed E-state index contributed by atoms with van der Waals surface area (Å²) in [7, 11) is 2.12. The Morgan fingerprint density at radius 2 is 2.00 bits per heavy atom. The molecule has 0 saturated heterocycles. The molecule has 114 valence electrons. The van der Waals surface area contributed by atoms with Crippen molar-refractivity contribution in [2.45, 2.75) is 46.2 Å². The van der Waals surface area contributed by atoms with Gasteiger partial charge in [-0.05, 0) is 49.9 Å². The van der Waals surface area contributed by atoms with Gasteiger partial charge in [-0.25, -0.2) is 0 Å². The number of furan rings is 1. The zero-order valence-corrected chi connectivity index (χ0v) is 13.5. The summed E-state index contributed by atoms with van der Waals surface area (Å²) in [4.78, 5) is 2.26. The Morgan fingerprint density at radius 1 is 1.24 bits per heavy atom. The van der Waals surface area contributed by atoms with Crippen molar-refractivity contribution in [2.75, 3.05) is 11.9 Å². The molecule has 0 bridgehead atoms. The molecule has 1 atom stereocenters. The van der Waals surface area contributed by atoms with Gasteiger partial charge in [0.15, 0.2) is 0 Å². The monoisotopic (exact) mass is 286 g/mol. The number of aryl methyl sites for hydroxylation is 2. The average molecular weight is 286 g/mol. The largest absolute Gasteiger partial charge is 0.469 e. The van der Waals surface area contributed by atoms with Crippen LogP contribution in [0.25, 0.3) is 0 Å². The van der Waals surface area contributed by atoms with Crippen molar-refractivity contribution in [1.82, 2.24) is 0 Å². The van der Waals surface area contributed by atoms with Crippen molar-refractivity contribution in [2.24, 2.45) is 5.73 Å². The standard InChI is InChI=1S/C18H26N2O/c1-5-17(19)11-15-6-7-18(13(2)10-15)20(4)12-16-8-9-21-14(16)3/h6-10,17H,5,11-12,19H2,1-4H3. The van der Waals surface area contributed by atoms with Crippen LogP contribution in [0.1, 0.15) is 35.8 Å². The number of benzene rings is 1. The molecule has 3 heteroatoms. The van der Waals surface area contributed by atoms with Crippen LogP contribution in [-0.4, -0.2) is 13.1 Å². The van der Waals surface area contributed by atoms with Gasteiger partial charge < -0.3 is 15.1 Å². The molecule has 0 spiro atoms. The van der Waals surface area contributed by atoms with Crippen molar-refractivity contribution in [3.05, 3.63) is 53.0 Å². The molecule has 0 fully saturated rings. The predicted octanol–water partition coefficient (Wildman–Crippen LogP) is 3.81. The van der Waals surface area contributed by atoms with Gasteiger partial charge in [0.2, 0.25) is 0 Å². The van der Waals surface area contributed by atoms with E-state index >= 15 is 0 Å².